The highest BCUT2D eigenvalue weighted by atomic mass is 35.5. The molecule has 0 bridgehead atoms. The lowest BCUT2D eigenvalue weighted by atomic mass is 10.0. The Hall–Kier alpha value is -2.15. The second kappa shape index (κ2) is 9.22. The van der Waals surface area contributed by atoms with E-state index in [1.165, 1.54) is 19.2 Å². The molecule has 0 heterocycles. The number of nitrogens with one attached hydrogen (secondary N) is 2. The second-order valence-corrected chi connectivity index (χ2v) is 5.96. The number of halogens is 2. The Morgan fingerprint density at radius 1 is 1.29 bits per heavy atom. The molecule has 8 heteroatoms. The molecule has 132 valence electrons. The predicted octanol–water partition coefficient (Wildman–Crippen LogP) is 1.91. The highest BCUT2D eigenvalue weighted by molar-refractivity contribution is 6.33. The number of esters is 1. The van der Waals surface area contributed by atoms with Gasteiger partial charge in [0.1, 0.15) is 11.9 Å². The van der Waals surface area contributed by atoms with Crippen LogP contribution in [0.15, 0.2) is 18.2 Å². The van der Waals surface area contributed by atoms with Crippen LogP contribution in [-0.2, 0) is 14.3 Å². The van der Waals surface area contributed by atoms with E-state index in [0.29, 0.717) is 6.42 Å². The van der Waals surface area contributed by atoms with Crippen molar-refractivity contribution < 1.29 is 23.5 Å². The van der Waals surface area contributed by atoms with Crippen molar-refractivity contribution in [1.29, 1.82) is 0 Å². The van der Waals surface area contributed by atoms with Crippen LogP contribution in [0.2, 0.25) is 5.02 Å². The van der Waals surface area contributed by atoms with E-state index in [1.807, 2.05) is 13.8 Å². The summed E-state index contributed by atoms with van der Waals surface area (Å²) >= 11 is 5.78. The Morgan fingerprint density at radius 2 is 1.96 bits per heavy atom. The number of hydrogen-bond donors (Lipinski definition) is 2. The summed E-state index contributed by atoms with van der Waals surface area (Å²) in [6, 6.07) is 3.02. The lowest BCUT2D eigenvalue weighted by Crippen LogP contribution is -2.46. The molecule has 1 aromatic carbocycles. The minimum absolute atomic E-state index is 0.0554. The van der Waals surface area contributed by atoms with Gasteiger partial charge in [-0.15, -0.1) is 0 Å². The van der Waals surface area contributed by atoms with Gasteiger partial charge in [-0.25, -0.2) is 9.18 Å². The largest absolute Gasteiger partial charge is 0.467 e. The number of amides is 2. The molecule has 0 aliphatic heterocycles. The zero-order valence-corrected chi connectivity index (χ0v) is 14.4. The maximum absolute atomic E-state index is 13.6. The highest BCUT2D eigenvalue weighted by Gasteiger charge is 2.23. The molecule has 24 heavy (non-hydrogen) atoms. The Morgan fingerprint density at radius 3 is 2.50 bits per heavy atom. The Kier molecular flexibility index (Phi) is 7.64. The summed E-state index contributed by atoms with van der Waals surface area (Å²) in [4.78, 5) is 35.5. The Labute approximate surface area is 144 Å². The monoisotopic (exact) mass is 358 g/mol. The van der Waals surface area contributed by atoms with Crippen LogP contribution >= 0.6 is 11.6 Å². The van der Waals surface area contributed by atoms with Gasteiger partial charge in [0.05, 0.1) is 24.2 Å². The van der Waals surface area contributed by atoms with Crippen molar-refractivity contribution in [3.8, 4) is 0 Å². The number of carbonyl (C=O) groups excluding carboxylic acids is 3. The summed E-state index contributed by atoms with van der Waals surface area (Å²) in [5.41, 5.74) is -0.335. The van der Waals surface area contributed by atoms with Crippen molar-refractivity contribution >= 4 is 29.4 Å². The number of benzene rings is 1. The molecule has 1 rings (SSSR count). The van der Waals surface area contributed by atoms with Crippen LogP contribution in [0, 0.1) is 11.7 Å². The van der Waals surface area contributed by atoms with Gasteiger partial charge in [0.15, 0.2) is 0 Å². The van der Waals surface area contributed by atoms with E-state index >= 15 is 0 Å². The fraction of sp³-hybridized carbons (Fsp3) is 0.438. The van der Waals surface area contributed by atoms with Crippen molar-refractivity contribution in [3.05, 3.63) is 34.6 Å². The molecule has 0 saturated heterocycles. The third kappa shape index (κ3) is 5.81. The normalized spacial score (nSPS) is 11.8. The average Bonchev–Trinajstić information content (AvgIpc) is 2.50. The summed E-state index contributed by atoms with van der Waals surface area (Å²) in [7, 11) is 1.23. The maximum atomic E-state index is 13.6. The highest BCUT2D eigenvalue weighted by Crippen LogP contribution is 2.18. The molecule has 0 aliphatic rings. The topological polar surface area (TPSA) is 84.5 Å². The first-order chi connectivity index (χ1) is 11.3. The first-order valence-electron chi connectivity index (χ1n) is 7.35. The van der Waals surface area contributed by atoms with Crippen molar-refractivity contribution in [1.82, 2.24) is 10.6 Å². The zero-order valence-electron chi connectivity index (χ0n) is 13.7. The molecule has 2 N–H and O–H groups in total. The van der Waals surface area contributed by atoms with Crippen LogP contribution in [0.4, 0.5) is 4.39 Å². The fourth-order valence-corrected chi connectivity index (χ4v) is 2.29. The van der Waals surface area contributed by atoms with Gasteiger partial charge in [-0.3, -0.25) is 9.59 Å². The number of rotatable bonds is 7. The molecular weight excluding hydrogens is 339 g/mol. The van der Waals surface area contributed by atoms with E-state index in [-0.39, 0.29) is 16.5 Å². The summed E-state index contributed by atoms with van der Waals surface area (Å²) < 4.78 is 18.3. The number of methoxy groups -OCH3 is 1. The van der Waals surface area contributed by atoms with E-state index < -0.39 is 36.2 Å². The van der Waals surface area contributed by atoms with Crippen LogP contribution < -0.4 is 10.6 Å². The molecule has 1 aromatic rings. The van der Waals surface area contributed by atoms with Crippen molar-refractivity contribution in [2.75, 3.05) is 13.7 Å². The van der Waals surface area contributed by atoms with Gasteiger partial charge in [0.25, 0.3) is 5.91 Å². The van der Waals surface area contributed by atoms with E-state index in [2.05, 4.69) is 15.4 Å². The van der Waals surface area contributed by atoms with Crippen LogP contribution in [0.1, 0.15) is 30.6 Å². The maximum Gasteiger partial charge on any atom is 0.328 e. The van der Waals surface area contributed by atoms with Crippen molar-refractivity contribution in [2.45, 2.75) is 26.3 Å². The second-order valence-electron chi connectivity index (χ2n) is 5.55. The molecule has 0 fully saturated rings. The van der Waals surface area contributed by atoms with Gasteiger partial charge in [0, 0.05) is 0 Å². The van der Waals surface area contributed by atoms with Crippen LogP contribution in [0.5, 0.6) is 0 Å². The van der Waals surface area contributed by atoms with Crippen LogP contribution in [0.3, 0.4) is 0 Å². The summed E-state index contributed by atoms with van der Waals surface area (Å²) in [5, 5.41) is 4.69. The van der Waals surface area contributed by atoms with Gasteiger partial charge in [-0.1, -0.05) is 31.5 Å². The summed E-state index contributed by atoms with van der Waals surface area (Å²) in [6.45, 7) is 3.36. The van der Waals surface area contributed by atoms with Gasteiger partial charge in [0.2, 0.25) is 5.91 Å². The molecule has 0 radical (unpaired) electrons. The molecule has 1 atom stereocenters. The fourth-order valence-electron chi connectivity index (χ4n) is 2.04. The third-order valence-electron chi connectivity index (χ3n) is 3.13. The van der Waals surface area contributed by atoms with E-state index in [1.54, 1.807) is 0 Å². The Balaban J connectivity index is 2.64. The van der Waals surface area contributed by atoms with Crippen LogP contribution in [-0.4, -0.2) is 37.5 Å². The first-order valence-corrected chi connectivity index (χ1v) is 7.73. The molecule has 0 saturated carbocycles. The smallest absolute Gasteiger partial charge is 0.328 e. The Bertz CT molecular complexity index is 602. The number of ether oxygens (including phenoxy) is 1. The summed E-state index contributed by atoms with van der Waals surface area (Å²) in [6.07, 6.45) is 0.394. The minimum atomic E-state index is -0.813. The molecule has 0 aliphatic carbocycles. The molecular formula is C16H20ClFN2O4. The van der Waals surface area contributed by atoms with Gasteiger partial charge < -0.3 is 15.4 Å². The van der Waals surface area contributed by atoms with Crippen molar-refractivity contribution in [2.24, 2.45) is 5.92 Å². The van der Waals surface area contributed by atoms with E-state index in [9.17, 15) is 18.8 Å². The molecule has 1 unspecified atom stereocenters. The minimum Gasteiger partial charge on any atom is -0.467 e. The SMILES string of the molecule is COC(=O)C(CC(C)C)NC(=O)CNC(=O)c1c(F)cccc1Cl. The molecule has 0 aromatic heterocycles. The number of carbonyl (C=O) groups is 3. The predicted molar refractivity (Wildman–Crippen MR) is 87.1 cm³/mol. The summed E-state index contributed by atoms with van der Waals surface area (Å²) in [5.74, 6) is -2.60. The van der Waals surface area contributed by atoms with Gasteiger partial charge >= 0.3 is 5.97 Å². The van der Waals surface area contributed by atoms with Crippen LogP contribution in [0.25, 0.3) is 0 Å². The van der Waals surface area contributed by atoms with E-state index in [4.69, 9.17) is 11.6 Å². The van der Waals surface area contributed by atoms with E-state index in [0.717, 1.165) is 6.07 Å². The van der Waals surface area contributed by atoms with Gasteiger partial charge in [-0.2, -0.15) is 0 Å². The van der Waals surface area contributed by atoms with Crippen molar-refractivity contribution in [3.63, 3.8) is 0 Å². The molecule has 2 amide bonds. The first kappa shape index (κ1) is 19.9. The third-order valence-corrected chi connectivity index (χ3v) is 3.44. The lowest BCUT2D eigenvalue weighted by molar-refractivity contribution is -0.145. The number of hydrogen-bond acceptors (Lipinski definition) is 4. The quantitative estimate of drug-likeness (QED) is 0.729. The van der Waals surface area contributed by atoms with Gasteiger partial charge in [-0.05, 0) is 24.5 Å². The lowest BCUT2D eigenvalue weighted by Gasteiger charge is -2.18. The molecule has 0 spiro atoms. The zero-order chi connectivity index (χ0) is 18.3. The average molecular weight is 359 g/mol. The molecule has 6 nitrogen and oxygen atoms in total. The standard InChI is InChI=1S/C16H20ClFN2O4/c1-9(2)7-12(16(23)24-3)20-13(21)8-19-15(22)14-10(17)5-4-6-11(14)18/h4-6,9,12H,7-8H2,1-3H3,(H,19,22)(H,20,21).